The fraction of sp³-hybridized carbons (Fsp3) is 0.393. The molecule has 0 spiro atoms. The van der Waals surface area contributed by atoms with Crippen molar-refractivity contribution in [3.8, 4) is 0 Å². The molecule has 0 radical (unpaired) electrons. The maximum atomic E-state index is 16.3. The first-order valence-electron chi connectivity index (χ1n) is 12.5. The number of benzene rings is 1. The molecular formula is C28H30ClF3N4O. The Morgan fingerprint density at radius 3 is 2.59 bits per heavy atom. The smallest absolute Gasteiger partial charge is 0.261 e. The second-order valence-corrected chi connectivity index (χ2v) is 10.00. The van der Waals surface area contributed by atoms with Crippen molar-refractivity contribution in [2.75, 3.05) is 16.8 Å². The summed E-state index contributed by atoms with van der Waals surface area (Å²) < 4.78 is 46.4. The van der Waals surface area contributed by atoms with Crippen molar-refractivity contribution < 1.29 is 18.0 Å². The van der Waals surface area contributed by atoms with Crippen molar-refractivity contribution in [2.45, 2.75) is 64.3 Å². The van der Waals surface area contributed by atoms with Crippen LogP contribution in [0.5, 0.6) is 0 Å². The molecule has 1 unspecified atom stereocenters. The maximum absolute atomic E-state index is 16.3. The highest BCUT2D eigenvalue weighted by Crippen LogP contribution is 2.44. The van der Waals surface area contributed by atoms with Crippen LogP contribution in [0.15, 0.2) is 42.7 Å². The number of pyridine rings is 2. The third-order valence-electron chi connectivity index (χ3n) is 7.05. The molecule has 9 heteroatoms. The van der Waals surface area contributed by atoms with Gasteiger partial charge in [-0.25, -0.2) is 23.1 Å². The molecule has 2 aromatic heterocycles. The van der Waals surface area contributed by atoms with Crippen molar-refractivity contribution in [3.05, 3.63) is 81.9 Å². The van der Waals surface area contributed by atoms with E-state index in [1.807, 2.05) is 6.92 Å². The molecular weight excluding hydrogens is 501 g/mol. The molecule has 37 heavy (non-hydrogen) atoms. The van der Waals surface area contributed by atoms with Crippen molar-refractivity contribution >= 4 is 29.1 Å². The van der Waals surface area contributed by atoms with E-state index in [0.717, 1.165) is 37.0 Å². The number of hydrogen-bond donors (Lipinski definition) is 1. The summed E-state index contributed by atoms with van der Waals surface area (Å²) in [4.78, 5) is 22.9. The minimum absolute atomic E-state index is 0.000950. The number of halogens is 4. The monoisotopic (exact) mass is 530 g/mol. The van der Waals surface area contributed by atoms with Gasteiger partial charge in [-0.1, -0.05) is 56.8 Å². The van der Waals surface area contributed by atoms with Crippen LogP contribution >= 0.6 is 11.6 Å². The summed E-state index contributed by atoms with van der Waals surface area (Å²) in [5, 5.41) is 3.05. The van der Waals surface area contributed by atoms with Crippen molar-refractivity contribution in [2.24, 2.45) is 0 Å². The van der Waals surface area contributed by atoms with E-state index < -0.39 is 28.8 Å². The predicted octanol–water partition coefficient (Wildman–Crippen LogP) is 7.28. The number of nitrogens with zero attached hydrogens (tertiary/aromatic N) is 3. The maximum Gasteiger partial charge on any atom is 0.261 e. The van der Waals surface area contributed by atoms with Gasteiger partial charge in [-0.2, -0.15) is 0 Å². The minimum Gasteiger partial charge on any atom is -0.365 e. The summed E-state index contributed by atoms with van der Waals surface area (Å²) in [6.45, 7) is 5.49. The number of fused-ring (bicyclic) bond motifs is 1. The van der Waals surface area contributed by atoms with E-state index in [1.165, 1.54) is 36.7 Å². The topological polar surface area (TPSA) is 58.1 Å². The van der Waals surface area contributed by atoms with Gasteiger partial charge in [0.2, 0.25) is 0 Å². The number of amides is 1. The second kappa shape index (κ2) is 11.1. The fourth-order valence-corrected chi connectivity index (χ4v) is 5.19. The highest BCUT2D eigenvalue weighted by atomic mass is 35.5. The van der Waals surface area contributed by atoms with Gasteiger partial charge in [0.15, 0.2) is 23.3 Å². The molecule has 0 bridgehead atoms. The molecule has 0 saturated carbocycles. The van der Waals surface area contributed by atoms with Gasteiger partial charge < -0.3 is 5.32 Å². The summed E-state index contributed by atoms with van der Waals surface area (Å²) >= 11 is 6.10. The number of rotatable bonds is 9. The quantitative estimate of drug-likeness (QED) is 0.295. The zero-order chi connectivity index (χ0) is 26.7. The van der Waals surface area contributed by atoms with Gasteiger partial charge in [0, 0.05) is 41.5 Å². The molecule has 0 aliphatic carbocycles. The molecule has 3 aromatic rings. The Balaban J connectivity index is 1.88. The highest BCUT2D eigenvalue weighted by Gasteiger charge is 2.47. The normalized spacial score (nSPS) is 18.0. The molecule has 1 aliphatic rings. The van der Waals surface area contributed by atoms with Gasteiger partial charge in [-0.3, -0.25) is 9.69 Å². The zero-order valence-corrected chi connectivity index (χ0v) is 21.9. The van der Waals surface area contributed by atoms with E-state index in [0.29, 0.717) is 0 Å². The molecule has 1 aliphatic heterocycles. The molecule has 0 saturated heterocycles. The van der Waals surface area contributed by atoms with Crippen LogP contribution in [0.3, 0.4) is 0 Å². The van der Waals surface area contributed by atoms with E-state index in [-0.39, 0.29) is 45.9 Å². The van der Waals surface area contributed by atoms with E-state index in [4.69, 9.17) is 11.6 Å². The number of hydrogen-bond acceptors (Lipinski definition) is 4. The molecule has 1 amide bonds. The SMILES string of the molecule is CCCCCC(CC)Nc1ncc2c(c1F)[C@@](C)(c1cccc(Cl)c1F)CN(c1ncccc1F)C2=O. The Bertz CT molecular complexity index is 1300. The third kappa shape index (κ3) is 5.04. The Kier molecular flexibility index (Phi) is 8.07. The van der Waals surface area contributed by atoms with Crippen LogP contribution in [0.2, 0.25) is 5.02 Å². The van der Waals surface area contributed by atoms with E-state index in [9.17, 15) is 9.18 Å². The molecule has 5 nitrogen and oxygen atoms in total. The van der Waals surface area contributed by atoms with Crippen LogP contribution in [-0.2, 0) is 5.41 Å². The number of nitrogens with one attached hydrogen (secondary N) is 1. The number of anilines is 2. The summed E-state index contributed by atoms with van der Waals surface area (Å²) in [6.07, 6.45) is 7.36. The van der Waals surface area contributed by atoms with E-state index >= 15 is 8.78 Å². The van der Waals surface area contributed by atoms with Crippen molar-refractivity contribution in [3.63, 3.8) is 0 Å². The Labute approximate surface area is 220 Å². The molecule has 0 fully saturated rings. The fourth-order valence-electron chi connectivity index (χ4n) is 5.01. The van der Waals surface area contributed by atoms with Crippen LogP contribution < -0.4 is 10.2 Å². The van der Waals surface area contributed by atoms with E-state index in [1.54, 1.807) is 13.0 Å². The van der Waals surface area contributed by atoms with E-state index in [2.05, 4.69) is 22.2 Å². The Hall–Kier alpha value is -3.13. The summed E-state index contributed by atoms with van der Waals surface area (Å²) in [6, 6.07) is 7.03. The summed E-state index contributed by atoms with van der Waals surface area (Å²) in [5.41, 5.74) is -1.43. The highest BCUT2D eigenvalue weighted by molar-refractivity contribution is 6.30. The number of carbonyl (C=O) groups is 1. The predicted molar refractivity (Wildman–Crippen MR) is 140 cm³/mol. The molecule has 3 heterocycles. The molecule has 2 atom stereocenters. The van der Waals surface area contributed by atoms with Gasteiger partial charge >= 0.3 is 0 Å². The Morgan fingerprint density at radius 2 is 1.89 bits per heavy atom. The summed E-state index contributed by atoms with van der Waals surface area (Å²) in [5.74, 6) is -3.08. The lowest BCUT2D eigenvalue weighted by atomic mass is 9.71. The first-order chi connectivity index (χ1) is 17.7. The van der Waals surface area contributed by atoms with Crippen LogP contribution in [0.1, 0.15) is 74.4 Å². The van der Waals surface area contributed by atoms with Crippen LogP contribution in [0, 0.1) is 17.5 Å². The second-order valence-electron chi connectivity index (χ2n) is 9.59. The average molecular weight is 531 g/mol. The average Bonchev–Trinajstić information content (AvgIpc) is 2.88. The molecule has 1 aromatic carbocycles. The standard InChI is InChI=1S/C28H30ClF3N4O/c1-4-6-7-10-17(5-2)35-25-24(32)22-18(15-34-25)27(37)36(26-21(30)13-9-14-33-26)16-28(22,3)19-11-8-12-20(29)23(19)31/h8-9,11-15,17H,4-7,10,16H2,1-3H3,(H,34,35)/t17?,28-/m1/s1. The summed E-state index contributed by atoms with van der Waals surface area (Å²) in [7, 11) is 0. The van der Waals surface area contributed by atoms with Gasteiger partial charge in [0.1, 0.15) is 5.82 Å². The lowest BCUT2D eigenvalue weighted by molar-refractivity contribution is 0.0966. The van der Waals surface area contributed by atoms with Gasteiger partial charge in [-0.15, -0.1) is 0 Å². The minimum atomic E-state index is -1.42. The molecule has 4 rings (SSSR count). The first kappa shape index (κ1) is 26.9. The molecule has 1 N–H and O–H groups in total. The van der Waals surface area contributed by atoms with Crippen LogP contribution in [0.25, 0.3) is 0 Å². The van der Waals surface area contributed by atoms with Gasteiger partial charge in [0.25, 0.3) is 5.91 Å². The number of aromatic nitrogens is 2. The zero-order valence-electron chi connectivity index (χ0n) is 21.1. The van der Waals surface area contributed by atoms with Gasteiger partial charge in [0.05, 0.1) is 10.6 Å². The lowest BCUT2D eigenvalue weighted by Crippen LogP contribution is -2.50. The largest absolute Gasteiger partial charge is 0.365 e. The lowest BCUT2D eigenvalue weighted by Gasteiger charge is -2.42. The Morgan fingerprint density at radius 1 is 1.11 bits per heavy atom. The van der Waals surface area contributed by atoms with Crippen molar-refractivity contribution in [1.29, 1.82) is 0 Å². The van der Waals surface area contributed by atoms with Crippen LogP contribution in [-0.4, -0.2) is 28.5 Å². The van der Waals surface area contributed by atoms with Gasteiger partial charge in [-0.05, 0) is 38.0 Å². The number of carbonyl (C=O) groups excluding carboxylic acids is 1. The number of unbranched alkanes of at least 4 members (excludes halogenated alkanes) is 2. The first-order valence-corrected chi connectivity index (χ1v) is 12.9. The molecule has 196 valence electrons. The third-order valence-corrected chi connectivity index (χ3v) is 7.34. The van der Waals surface area contributed by atoms with Crippen LogP contribution in [0.4, 0.5) is 24.8 Å². The van der Waals surface area contributed by atoms with Crippen molar-refractivity contribution in [1.82, 2.24) is 9.97 Å².